The predicted octanol–water partition coefficient (Wildman–Crippen LogP) is 3.56. The summed E-state index contributed by atoms with van der Waals surface area (Å²) in [5.41, 5.74) is 4.27. The number of rotatable bonds is 6. The zero-order chi connectivity index (χ0) is 16.1. The molecule has 3 N–H and O–H groups in total. The van der Waals surface area contributed by atoms with E-state index in [1.807, 2.05) is 49.5 Å². The Balaban J connectivity index is 1.57. The maximum Gasteiger partial charge on any atom is 0.121 e. The minimum absolute atomic E-state index is 0.675. The van der Waals surface area contributed by atoms with Gasteiger partial charge in [-0.2, -0.15) is 0 Å². The topological polar surface area (TPSA) is 69.4 Å². The van der Waals surface area contributed by atoms with E-state index in [-0.39, 0.29) is 0 Å². The molecule has 0 atom stereocenters. The quantitative estimate of drug-likeness (QED) is 0.610. The monoisotopic (exact) mass is 307 g/mol. The van der Waals surface area contributed by atoms with E-state index in [0.29, 0.717) is 13.1 Å². The molecule has 0 aliphatic heterocycles. The van der Waals surface area contributed by atoms with Crippen LogP contribution in [-0.2, 0) is 13.1 Å². The van der Waals surface area contributed by atoms with Crippen molar-refractivity contribution in [1.29, 1.82) is 0 Å². The number of hydrogen-bond donors (Lipinski definition) is 3. The summed E-state index contributed by atoms with van der Waals surface area (Å²) in [4.78, 5) is 15.6. The first-order valence-corrected chi connectivity index (χ1v) is 7.74. The molecule has 0 amide bonds. The standard InChI is InChI=1S/C18H21N5/c1-3-4-7-13(2)16-10-20-17(23-16)11-19-12-18-21-14-8-5-6-9-15(14)22-18/h3-10,19H,11-12H2,1-2H3,(H,20,23)(H,21,22)/b4-3-,13-7-. The first kappa shape index (κ1) is 15.2. The molecule has 2 heterocycles. The number of aromatic amines is 2. The third kappa shape index (κ3) is 3.76. The largest absolute Gasteiger partial charge is 0.341 e. The van der Waals surface area contributed by atoms with Crippen molar-refractivity contribution in [1.82, 2.24) is 25.3 Å². The normalized spacial score (nSPS) is 12.5. The highest BCUT2D eigenvalue weighted by atomic mass is 15.0. The number of fused-ring (bicyclic) bond motifs is 1. The summed E-state index contributed by atoms with van der Waals surface area (Å²) in [6, 6.07) is 8.04. The highest BCUT2D eigenvalue weighted by molar-refractivity contribution is 5.74. The highest BCUT2D eigenvalue weighted by Gasteiger charge is 2.04. The fourth-order valence-corrected chi connectivity index (χ4v) is 2.37. The van der Waals surface area contributed by atoms with Crippen molar-refractivity contribution in [2.75, 3.05) is 0 Å². The Morgan fingerprint density at radius 3 is 2.83 bits per heavy atom. The summed E-state index contributed by atoms with van der Waals surface area (Å²) in [6.07, 6.45) is 7.97. The molecule has 0 spiro atoms. The molecule has 0 aliphatic rings. The van der Waals surface area contributed by atoms with E-state index in [1.165, 1.54) is 5.57 Å². The number of aromatic nitrogens is 4. The van der Waals surface area contributed by atoms with Crippen molar-refractivity contribution in [3.8, 4) is 0 Å². The average molecular weight is 307 g/mol. The molecule has 0 fully saturated rings. The van der Waals surface area contributed by atoms with E-state index >= 15 is 0 Å². The Morgan fingerprint density at radius 2 is 2.00 bits per heavy atom. The first-order valence-electron chi connectivity index (χ1n) is 7.74. The van der Waals surface area contributed by atoms with Gasteiger partial charge in [0.05, 0.1) is 36.0 Å². The van der Waals surface area contributed by atoms with E-state index in [9.17, 15) is 0 Å². The molecule has 0 saturated heterocycles. The van der Waals surface area contributed by atoms with Gasteiger partial charge in [0, 0.05) is 0 Å². The number of imidazole rings is 2. The van der Waals surface area contributed by atoms with Gasteiger partial charge < -0.3 is 15.3 Å². The predicted molar refractivity (Wildman–Crippen MR) is 93.7 cm³/mol. The molecule has 23 heavy (non-hydrogen) atoms. The Bertz CT molecular complexity index is 805. The van der Waals surface area contributed by atoms with Crippen LogP contribution < -0.4 is 5.32 Å². The van der Waals surface area contributed by atoms with Crippen LogP contribution in [0.15, 0.2) is 48.7 Å². The molecule has 118 valence electrons. The summed E-state index contributed by atoms with van der Waals surface area (Å²) in [7, 11) is 0. The fraction of sp³-hybridized carbons (Fsp3) is 0.222. The van der Waals surface area contributed by atoms with Crippen LogP contribution in [0.2, 0.25) is 0 Å². The maximum atomic E-state index is 4.55. The number of H-pyrrole nitrogens is 2. The van der Waals surface area contributed by atoms with Gasteiger partial charge in [0.2, 0.25) is 0 Å². The van der Waals surface area contributed by atoms with E-state index in [4.69, 9.17) is 0 Å². The van der Waals surface area contributed by atoms with Crippen molar-refractivity contribution in [3.63, 3.8) is 0 Å². The van der Waals surface area contributed by atoms with Gasteiger partial charge in [-0.3, -0.25) is 0 Å². The second-order valence-corrected chi connectivity index (χ2v) is 5.42. The molecular formula is C18H21N5. The highest BCUT2D eigenvalue weighted by Crippen LogP contribution is 2.12. The van der Waals surface area contributed by atoms with E-state index in [2.05, 4.69) is 38.3 Å². The number of nitrogens with one attached hydrogen (secondary N) is 3. The molecule has 1 aromatic carbocycles. The van der Waals surface area contributed by atoms with Gasteiger partial charge >= 0.3 is 0 Å². The van der Waals surface area contributed by atoms with E-state index < -0.39 is 0 Å². The molecule has 0 saturated carbocycles. The van der Waals surface area contributed by atoms with Crippen LogP contribution in [0.4, 0.5) is 0 Å². The summed E-state index contributed by atoms with van der Waals surface area (Å²) in [6.45, 7) is 5.43. The van der Waals surface area contributed by atoms with Crippen LogP contribution in [0.1, 0.15) is 31.2 Å². The zero-order valence-corrected chi connectivity index (χ0v) is 13.4. The van der Waals surface area contributed by atoms with Crippen molar-refractivity contribution in [2.24, 2.45) is 0 Å². The summed E-state index contributed by atoms with van der Waals surface area (Å²) < 4.78 is 0. The van der Waals surface area contributed by atoms with Gasteiger partial charge in [0.1, 0.15) is 11.6 Å². The smallest absolute Gasteiger partial charge is 0.121 e. The van der Waals surface area contributed by atoms with Crippen molar-refractivity contribution in [3.05, 3.63) is 66.0 Å². The van der Waals surface area contributed by atoms with Crippen LogP contribution in [0.5, 0.6) is 0 Å². The molecule has 5 nitrogen and oxygen atoms in total. The lowest BCUT2D eigenvalue weighted by atomic mass is 10.2. The third-order valence-electron chi connectivity index (χ3n) is 3.62. The molecule has 3 rings (SSSR count). The molecule has 3 aromatic rings. The lowest BCUT2D eigenvalue weighted by Gasteiger charge is -2.00. The van der Waals surface area contributed by atoms with Crippen LogP contribution in [0, 0.1) is 0 Å². The third-order valence-corrected chi connectivity index (χ3v) is 3.62. The van der Waals surface area contributed by atoms with Gasteiger partial charge in [-0.25, -0.2) is 9.97 Å². The summed E-state index contributed by atoms with van der Waals surface area (Å²) in [5, 5.41) is 3.35. The molecule has 0 radical (unpaired) electrons. The van der Waals surface area contributed by atoms with Crippen molar-refractivity contribution in [2.45, 2.75) is 26.9 Å². The molecule has 0 bridgehead atoms. The number of allylic oxidation sites excluding steroid dienone is 4. The summed E-state index contributed by atoms with van der Waals surface area (Å²) >= 11 is 0. The Morgan fingerprint density at radius 1 is 1.17 bits per heavy atom. The molecular weight excluding hydrogens is 286 g/mol. The van der Waals surface area contributed by atoms with Crippen LogP contribution in [-0.4, -0.2) is 19.9 Å². The van der Waals surface area contributed by atoms with Gasteiger partial charge in [0.15, 0.2) is 0 Å². The lowest BCUT2D eigenvalue weighted by molar-refractivity contribution is 0.649. The Labute approximate surface area is 135 Å². The fourth-order valence-electron chi connectivity index (χ4n) is 2.37. The van der Waals surface area contributed by atoms with Gasteiger partial charge in [0.25, 0.3) is 0 Å². The van der Waals surface area contributed by atoms with E-state index in [1.54, 1.807) is 0 Å². The maximum absolute atomic E-state index is 4.55. The Kier molecular flexibility index (Phi) is 4.68. The minimum Gasteiger partial charge on any atom is -0.341 e. The van der Waals surface area contributed by atoms with Crippen molar-refractivity contribution < 1.29 is 0 Å². The van der Waals surface area contributed by atoms with Gasteiger partial charge in [-0.05, 0) is 31.6 Å². The second kappa shape index (κ2) is 7.07. The van der Waals surface area contributed by atoms with Gasteiger partial charge in [-0.15, -0.1) is 0 Å². The van der Waals surface area contributed by atoms with Crippen molar-refractivity contribution >= 4 is 16.6 Å². The van der Waals surface area contributed by atoms with Crippen LogP contribution in [0.25, 0.3) is 16.6 Å². The average Bonchev–Trinajstić information content (AvgIpc) is 3.19. The number of para-hydroxylation sites is 2. The second-order valence-electron chi connectivity index (χ2n) is 5.42. The van der Waals surface area contributed by atoms with E-state index in [0.717, 1.165) is 28.4 Å². The number of benzene rings is 1. The van der Waals surface area contributed by atoms with Crippen LogP contribution >= 0.6 is 0 Å². The Hall–Kier alpha value is -2.66. The minimum atomic E-state index is 0.675. The van der Waals surface area contributed by atoms with Gasteiger partial charge in [-0.1, -0.05) is 30.4 Å². The number of nitrogens with zero attached hydrogens (tertiary/aromatic N) is 2. The molecule has 2 aromatic heterocycles. The SMILES string of the molecule is C/C=C\C=C(\C)c1cnc(CNCc2nc3ccccc3[nH]2)[nH]1. The zero-order valence-electron chi connectivity index (χ0n) is 13.4. The molecule has 0 aliphatic carbocycles. The molecule has 0 unspecified atom stereocenters. The lowest BCUT2D eigenvalue weighted by Crippen LogP contribution is -2.14. The summed E-state index contributed by atoms with van der Waals surface area (Å²) in [5.74, 6) is 1.85. The first-order chi connectivity index (χ1) is 11.3. The molecule has 5 heteroatoms. The number of hydrogen-bond acceptors (Lipinski definition) is 3. The van der Waals surface area contributed by atoms with Crippen LogP contribution in [0.3, 0.4) is 0 Å².